The van der Waals surface area contributed by atoms with Gasteiger partial charge in [0.15, 0.2) is 6.10 Å². The van der Waals surface area contributed by atoms with Gasteiger partial charge in [-0.1, -0.05) is 229 Å². The third-order valence-corrected chi connectivity index (χ3v) is 10.9. The minimum Gasteiger partial charge on any atom is -0.462 e. The van der Waals surface area contributed by atoms with Crippen molar-refractivity contribution in [3.05, 3.63) is 182 Å². The number of rotatable bonds is 48. The van der Waals surface area contributed by atoms with Gasteiger partial charge < -0.3 is 14.2 Å². The molecule has 0 saturated carbocycles. The van der Waals surface area contributed by atoms with Crippen LogP contribution in [0.25, 0.3) is 0 Å². The molecule has 0 N–H and O–H groups in total. The minimum atomic E-state index is -0.853. The maximum absolute atomic E-state index is 12.8. The van der Waals surface area contributed by atoms with Gasteiger partial charge in [0.25, 0.3) is 0 Å². The SMILES string of the molecule is CC/C=C\C/C=C\C/C=C\C/C=C\C/C=C\C/C=C\CCCCCCC(=O)OCC(COC(=O)C/C=C\C/C=C\C/C=C\C/C=C\C/C=C\CC)OC(=O)CCCCCC/C=C\C/C=C\C/C=C\C/C=C\CC. The highest BCUT2D eigenvalue weighted by Crippen LogP contribution is 2.11. The lowest BCUT2D eigenvalue weighted by atomic mass is 10.1. The smallest absolute Gasteiger partial charge is 0.309 e. The number of carbonyl (C=O) groups excluding carboxylic acids is 3. The van der Waals surface area contributed by atoms with Gasteiger partial charge >= 0.3 is 17.9 Å². The Morgan fingerprint density at radius 2 is 0.548 bits per heavy atom. The van der Waals surface area contributed by atoms with Crippen molar-refractivity contribution >= 4 is 17.9 Å². The predicted octanol–water partition coefficient (Wildman–Crippen LogP) is 19.3. The van der Waals surface area contributed by atoms with Crippen LogP contribution in [0.5, 0.6) is 0 Å². The second-order valence-corrected chi connectivity index (χ2v) is 17.7. The first-order valence-corrected chi connectivity index (χ1v) is 28.3. The summed E-state index contributed by atoms with van der Waals surface area (Å²) < 4.78 is 16.7. The number of unbranched alkanes of at least 4 members (excludes halogenated alkanes) is 8. The van der Waals surface area contributed by atoms with Crippen LogP contribution in [0.2, 0.25) is 0 Å². The zero-order valence-electron chi connectivity index (χ0n) is 46.1. The molecule has 0 heterocycles. The van der Waals surface area contributed by atoms with Crippen LogP contribution in [0.1, 0.15) is 201 Å². The van der Waals surface area contributed by atoms with Crippen molar-refractivity contribution in [1.82, 2.24) is 0 Å². The quantitative estimate of drug-likeness (QED) is 0.0262. The van der Waals surface area contributed by atoms with Gasteiger partial charge in [-0.2, -0.15) is 0 Å². The summed E-state index contributed by atoms with van der Waals surface area (Å²) in [5, 5.41) is 0. The van der Waals surface area contributed by atoms with E-state index in [0.29, 0.717) is 12.8 Å². The number of esters is 3. The average Bonchev–Trinajstić information content (AvgIpc) is 3.39. The molecule has 0 aromatic carbocycles. The molecule has 6 nitrogen and oxygen atoms in total. The molecule has 0 radical (unpaired) electrons. The summed E-state index contributed by atoms with van der Waals surface area (Å²) >= 11 is 0. The lowest BCUT2D eigenvalue weighted by molar-refractivity contribution is -0.166. The molecular weight excluding hydrogens is 901 g/mol. The average molecular weight is 1000 g/mol. The maximum atomic E-state index is 12.8. The van der Waals surface area contributed by atoms with Gasteiger partial charge in [0.1, 0.15) is 13.2 Å². The van der Waals surface area contributed by atoms with E-state index in [-0.39, 0.29) is 38.0 Å². The summed E-state index contributed by atoms with van der Waals surface area (Å²) in [6.45, 7) is 6.14. The number of allylic oxidation sites excluding steroid dienone is 29. The van der Waals surface area contributed by atoms with E-state index in [2.05, 4.69) is 191 Å². The molecule has 6 heteroatoms. The molecule has 0 saturated heterocycles. The van der Waals surface area contributed by atoms with Crippen LogP contribution in [0.3, 0.4) is 0 Å². The van der Waals surface area contributed by atoms with Crippen molar-refractivity contribution < 1.29 is 28.6 Å². The van der Waals surface area contributed by atoms with Crippen molar-refractivity contribution in [2.45, 2.75) is 207 Å². The Bertz CT molecular complexity index is 1770. The van der Waals surface area contributed by atoms with Crippen molar-refractivity contribution in [3.8, 4) is 0 Å². The number of hydrogen-bond acceptors (Lipinski definition) is 6. The normalized spacial score (nSPS) is 13.5. The number of hydrogen-bond donors (Lipinski definition) is 0. The van der Waals surface area contributed by atoms with Gasteiger partial charge in [0.2, 0.25) is 0 Å². The Labute approximate surface area is 446 Å². The Morgan fingerprint density at radius 1 is 0.288 bits per heavy atom. The fraction of sp³-hybridized carbons (Fsp3) is 0.507. The molecule has 0 aliphatic carbocycles. The molecule has 0 spiro atoms. The van der Waals surface area contributed by atoms with Crippen molar-refractivity contribution in [2.24, 2.45) is 0 Å². The molecule has 0 bridgehead atoms. The van der Waals surface area contributed by atoms with Crippen LogP contribution in [0.15, 0.2) is 182 Å². The van der Waals surface area contributed by atoms with Crippen LogP contribution in [-0.2, 0) is 28.6 Å². The molecule has 0 rings (SSSR count). The highest BCUT2D eigenvalue weighted by atomic mass is 16.6. The molecule has 1 unspecified atom stereocenters. The van der Waals surface area contributed by atoms with Gasteiger partial charge in [0, 0.05) is 12.8 Å². The maximum Gasteiger partial charge on any atom is 0.309 e. The molecule has 404 valence electrons. The third-order valence-electron chi connectivity index (χ3n) is 10.9. The molecule has 0 aromatic rings. The standard InChI is InChI=1S/C67H100O6/c1-4-7-10-13-16-19-22-25-28-30-31-32-33-34-35-37-39-42-45-48-51-54-57-60-66(69)72-63-64(62-71-65(68)59-56-53-50-47-44-41-38-27-24-21-18-15-12-9-6-3)73-67(70)61-58-55-52-49-46-43-40-36-29-26-23-20-17-14-11-8-5-2/h7-12,16-21,25-29,31-32,34-35,38-40,42-44,47,53,56,64H,4-6,13-15,22-24,30,33,36-37,41,45-46,48-52,54-55,57-63H2,1-3H3/b10-7-,11-8-,12-9-,19-16-,20-17-,21-18-,28-25-,29-26-,32-31-,35-34-,38-27-,42-39-,43-40-,47-44-,56-53-. The van der Waals surface area contributed by atoms with E-state index >= 15 is 0 Å². The van der Waals surface area contributed by atoms with E-state index in [4.69, 9.17) is 14.2 Å². The Hall–Kier alpha value is -5.49. The molecular formula is C67H100O6. The summed E-state index contributed by atoms with van der Waals surface area (Å²) in [6, 6.07) is 0. The molecule has 0 aliphatic heterocycles. The van der Waals surface area contributed by atoms with Crippen LogP contribution in [0.4, 0.5) is 0 Å². The Kier molecular flexibility index (Phi) is 54.6. The third kappa shape index (κ3) is 57.3. The number of ether oxygens (including phenoxy) is 3. The number of carbonyl (C=O) groups is 3. The van der Waals surface area contributed by atoms with Gasteiger partial charge in [0.05, 0.1) is 6.42 Å². The van der Waals surface area contributed by atoms with Gasteiger partial charge in [-0.05, 0) is 135 Å². The highest BCUT2D eigenvalue weighted by molar-refractivity contribution is 5.72. The highest BCUT2D eigenvalue weighted by Gasteiger charge is 2.19. The second kappa shape index (κ2) is 59.1. The van der Waals surface area contributed by atoms with E-state index < -0.39 is 12.1 Å². The predicted molar refractivity (Wildman–Crippen MR) is 315 cm³/mol. The van der Waals surface area contributed by atoms with Crippen molar-refractivity contribution in [1.29, 1.82) is 0 Å². The zero-order chi connectivity index (χ0) is 52.9. The van der Waals surface area contributed by atoms with Crippen LogP contribution >= 0.6 is 0 Å². The molecule has 73 heavy (non-hydrogen) atoms. The Balaban J connectivity index is 4.61. The molecule has 0 aliphatic rings. The van der Waals surface area contributed by atoms with Crippen LogP contribution in [0, 0.1) is 0 Å². The van der Waals surface area contributed by atoms with Gasteiger partial charge in [-0.3, -0.25) is 14.4 Å². The van der Waals surface area contributed by atoms with E-state index in [1.807, 2.05) is 6.08 Å². The first-order valence-electron chi connectivity index (χ1n) is 28.3. The van der Waals surface area contributed by atoms with Gasteiger partial charge in [-0.15, -0.1) is 0 Å². The van der Waals surface area contributed by atoms with Gasteiger partial charge in [-0.25, -0.2) is 0 Å². The fourth-order valence-electron chi connectivity index (χ4n) is 6.80. The molecule has 0 amide bonds. The van der Waals surface area contributed by atoms with E-state index in [9.17, 15) is 14.4 Å². The van der Waals surface area contributed by atoms with Crippen LogP contribution in [-0.4, -0.2) is 37.2 Å². The fourth-order valence-corrected chi connectivity index (χ4v) is 6.80. The van der Waals surface area contributed by atoms with E-state index in [0.717, 1.165) is 154 Å². The zero-order valence-corrected chi connectivity index (χ0v) is 46.1. The first-order chi connectivity index (χ1) is 36.0. The summed E-state index contributed by atoms with van der Waals surface area (Å²) in [7, 11) is 0. The largest absolute Gasteiger partial charge is 0.462 e. The lowest BCUT2D eigenvalue weighted by Gasteiger charge is -2.18. The molecule has 0 aromatic heterocycles. The summed E-state index contributed by atoms with van der Waals surface area (Å²) in [4.78, 5) is 38.1. The second-order valence-electron chi connectivity index (χ2n) is 17.7. The van der Waals surface area contributed by atoms with Crippen LogP contribution < -0.4 is 0 Å². The molecule has 0 fully saturated rings. The summed E-state index contributed by atoms with van der Waals surface area (Å²) in [6.07, 6.45) is 89.0. The Morgan fingerprint density at radius 3 is 0.877 bits per heavy atom. The monoisotopic (exact) mass is 1000 g/mol. The van der Waals surface area contributed by atoms with Crippen molar-refractivity contribution in [3.63, 3.8) is 0 Å². The molecule has 1 atom stereocenters. The van der Waals surface area contributed by atoms with Crippen molar-refractivity contribution in [2.75, 3.05) is 13.2 Å². The topological polar surface area (TPSA) is 78.9 Å². The summed E-state index contributed by atoms with van der Waals surface area (Å²) in [5.74, 6) is -1.14. The summed E-state index contributed by atoms with van der Waals surface area (Å²) in [5.41, 5.74) is 0. The minimum absolute atomic E-state index is 0.106. The first kappa shape index (κ1) is 67.5. The van der Waals surface area contributed by atoms with E-state index in [1.165, 1.54) is 0 Å². The van der Waals surface area contributed by atoms with E-state index in [1.54, 1.807) is 6.08 Å². The lowest BCUT2D eigenvalue weighted by Crippen LogP contribution is -2.30.